The van der Waals surface area contributed by atoms with Gasteiger partial charge in [0, 0.05) is 6.54 Å². The summed E-state index contributed by atoms with van der Waals surface area (Å²) < 4.78 is 26.1. The maximum atomic E-state index is 13.4. The minimum Gasteiger partial charge on any atom is -0.480 e. The van der Waals surface area contributed by atoms with Crippen molar-refractivity contribution < 1.29 is 28.7 Å². The van der Waals surface area contributed by atoms with Crippen molar-refractivity contribution >= 4 is 36.4 Å². The molecule has 2 aromatic rings. The van der Waals surface area contributed by atoms with Crippen LogP contribution in [-0.2, 0) is 30.2 Å². The van der Waals surface area contributed by atoms with Gasteiger partial charge >= 0.3 is 11.9 Å². The molecule has 33 heavy (non-hydrogen) atoms. The summed E-state index contributed by atoms with van der Waals surface area (Å²) in [7, 11) is -3.54. The predicted octanol–water partition coefficient (Wildman–Crippen LogP) is 1.20. The highest BCUT2D eigenvalue weighted by Crippen LogP contribution is 2.37. The Labute approximate surface area is 191 Å². The third kappa shape index (κ3) is 7.74. The van der Waals surface area contributed by atoms with Gasteiger partial charge in [-0.2, -0.15) is 0 Å². The number of carbonyl (C=O) groups is 2. The molecule has 0 aliphatic carbocycles. The molecule has 2 rings (SSSR count). The minimum atomic E-state index is -3.54. The van der Waals surface area contributed by atoms with E-state index in [1.807, 2.05) is 0 Å². The van der Waals surface area contributed by atoms with Crippen molar-refractivity contribution in [3.8, 4) is 0 Å². The van der Waals surface area contributed by atoms with E-state index in [1.54, 1.807) is 38.6 Å². The van der Waals surface area contributed by atoms with Crippen molar-refractivity contribution in [3.05, 3.63) is 12.7 Å². The van der Waals surface area contributed by atoms with Crippen molar-refractivity contribution in [3.63, 3.8) is 0 Å². The molecule has 14 heteroatoms. The number of ether oxygens (including phenoxy) is 2. The fraction of sp³-hybridized carbons (Fsp3) is 0.632. The second-order valence-electron chi connectivity index (χ2n) is 8.11. The monoisotopic (exact) mass is 485 g/mol. The molecule has 0 amide bonds. The molecule has 13 nitrogen and oxygen atoms in total. The molecule has 0 aliphatic heterocycles. The summed E-state index contributed by atoms with van der Waals surface area (Å²) in [6.45, 7) is 8.59. The number of anilines is 1. The average Bonchev–Trinajstić information content (AvgIpc) is 3.14. The van der Waals surface area contributed by atoms with E-state index < -0.39 is 37.4 Å². The summed E-state index contributed by atoms with van der Waals surface area (Å²) in [5, 5.41) is 14.6. The van der Waals surface area contributed by atoms with E-state index in [-0.39, 0.29) is 24.8 Å². The van der Waals surface area contributed by atoms with Crippen molar-refractivity contribution in [1.82, 2.24) is 29.7 Å². The van der Waals surface area contributed by atoms with Gasteiger partial charge in [-0.1, -0.05) is 6.92 Å². The van der Waals surface area contributed by atoms with Crippen LogP contribution in [0, 0.1) is 5.92 Å². The van der Waals surface area contributed by atoms with Gasteiger partial charge in [-0.25, -0.2) is 20.0 Å². The number of carbonyl (C=O) groups excluding carboxylic acids is 1. The number of rotatable bonds is 13. The molecule has 0 saturated carbocycles. The Balaban J connectivity index is 2.03. The number of nitrogens with two attached hydrogens (primary N) is 1. The van der Waals surface area contributed by atoms with Crippen molar-refractivity contribution in [2.75, 3.05) is 18.6 Å². The van der Waals surface area contributed by atoms with Crippen LogP contribution in [0.15, 0.2) is 12.7 Å². The van der Waals surface area contributed by atoms with Crippen molar-refractivity contribution in [2.24, 2.45) is 5.92 Å². The van der Waals surface area contributed by atoms with Crippen molar-refractivity contribution in [2.45, 2.75) is 59.4 Å². The Hall–Kier alpha value is -2.60. The highest BCUT2D eigenvalue weighted by Gasteiger charge is 2.30. The molecule has 0 bridgehead atoms. The van der Waals surface area contributed by atoms with E-state index in [1.165, 1.54) is 13.3 Å². The zero-order valence-corrected chi connectivity index (χ0v) is 20.3. The highest BCUT2D eigenvalue weighted by molar-refractivity contribution is 7.59. The zero-order valence-electron chi connectivity index (χ0n) is 19.4. The quantitative estimate of drug-likeness (QED) is 0.235. The molecular formula is C19H32N7O6P. The molecule has 184 valence electrons. The van der Waals surface area contributed by atoms with Gasteiger partial charge in [-0.3, -0.25) is 19.2 Å². The van der Waals surface area contributed by atoms with Crippen molar-refractivity contribution in [1.29, 1.82) is 0 Å². The standard InChI is InChI=1S/C19H32N7O6P/c1-11(2)32-19(29)12(3)6-24-33(30,25-14(5)18(27)28)10-31-13(4)7-26-9-23-15-16(20)21-8-22-17(15)26/h8-9,11-14H,6-7,10H2,1-5H3,(H,27,28)(H2,20,21,22)(H2,24,25,30)/t12-,13+,14-,33?/m0/s1. The number of aromatic nitrogens is 4. The normalized spacial score (nSPS) is 16.3. The van der Waals surface area contributed by atoms with E-state index in [4.69, 9.17) is 15.2 Å². The lowest BCUT2D eigenvalue weighted by molar-refractivity contribution is -0.151. The number of hydrogen-bond acceptors (Lipinski definition) is 9. The molecule has 0 radical (unpaired) electrons. The summed E-state index contributed by atoms with van der Waals surface area (Å²) in [6.07, 6.45) is 1.88. The van der Waals surface area contributed by atoms with E-state index >= 15 is 0 Å². The smallest absolute Gasteiger partial charge is 0.320 e. The maximum Gasteiger partial charge on any atom is 0.320 e. The highest BCUT2D eigenvalue weighted by atomic mass is 31.2. The molecule has 2 heterocycles. The fourth-order valence-corrected chi connectivity index (χ4v) is 4.83. The van der Waals surface area contributed by atoms with Crippen LogP contribution in [0.3, 0.4) is 0 Å². The second kappa shape index (κ2) is 11.5. The molecule has 5 N–H and O–H groups in total. The first-order valence-electron chi connectivity index (χ1n) is 10.5. The van der Waals surface area contributed by atoms with Gasteiger partial charge in [-0.05, 0) is 27.7 Å². The predicted molar refractivity (Wildman–Crippen MR) is 121 cm³/mol. The minimum absolute atomic E-state index is 0.0161. The molecular weight excluding hydrogens is 453 g/mol. The van der Waals surface area contributed by atoms with Gasteiger partial charge in [0.05, 0.1) is 31.0 Å². The van der Waals surface area contributed by atoms with Crippen LogP contribution < -0.4 is 15.9 Å². The van der Waals surface area contributed by atoms with Gasteiger partial charge in [0.1, 0.15) is 24.2 Å². The number of carboxylic acid groups (broad SMARTS) is 1. The third-order valence-electron chi connectivity index (χ3n) is 4.60. The average molecular weight is 485 g/mol. The number of nitrogen functional groups attached to an aromatic ring is 1. The lowest BCUT2D eigenvalue weighted by atomic mass is 10.2. The molecule has 0 spiro atoms. The topological polar surface area (TPSA) is 184 Å². The van der Waals surface area contributed by atoms with E-state index in [2.05, 4.69) is 25.1 Å². The lowest BCUT2D eigenvalue weighted by Gasteiger charge is -2.26. The number of esters is 1. The molecule has 0 aliphatic rings. The number of carboxylic acids is 1. The second-order valence-corrected chi connectivity index (χ2v) is 10.4. The summed E-state index contributed by atoms with van der Waals surface area (Å²) in [5.74, 6) is -1.95. The molecule has 4 atom stereocenters. The zero-order chi connectivity index (χ0) is 24.8. The summed E-state index contributed by atoms with van der Waals surface area (Å²) in [6, 6.07) is -1.10. The van der Waals surface area contributed by atoms with Gasteiger partial charge in [0.2, 0.25) is 7.44 Å². The Bertz CT molecular complexity index is 1010. The Morgan fingerprint density at radius 1 is 1.21 bits per heavy atom. The van der Waals surface area contributed by atoms with Crippen LogP contribution in [0.1, 0.15) is 34.6 Å². The summed E-state index contributed by atoms with van der Waals surface area (Å²) in [4.78, 5) is 35.6. The van der Waals surface area contributed by atoms with Crippen LogP contribution in [-0.4, -0.2) is 67.7 Å². The number of hydrogen-bond donors (Lipinski definition) is 4. The number of nitrogens with zero attached hydrogens (tertiary/aromatic N) is 4. The number of nitrogens with one attached hydrogen (secondary N) is 2. The van der Waals surface area contributed by atoms with Gasteiger partial charge in [0.25, 0.3) is 0 Å². The maximum absolute atomic E-state index is 13.4. The Kier molecular flexibility index (Phi) is 9.29. The van der Waals surface area contributed by atoms with Crippen LogP contribution in [0.2, 0.25) is 0 Å². The molecule has 0 aromatic carbocycles. The molecule has 2 aromatic heterocycles. The number of fused-ring (bicyclic) bond motifs is 1. The summed E-state index contributed by atoms with van der Waals surface area (Å²) >= 11 is 0. The van der Waals surface area contributed by atoms with Gasteiger partial charge < -0.3 is 24.9 Å². The van der Waals surface area contributed by atoms with E-state index in [0.29, 0.717) is 17.7 Å². The summed E-state index contributed by atoms with van der Waals surface area (Å²) in [5.41, 5.74) is 6.81. The first-order chi connectivity index (χ1) is 15.4. The number of imidazole rings is 1. The largest absolute Gasteiger partial charge is 0.480 e. The van der Waals surface area contributed by atoms with Crippen LogP contribution in [0.5, 0.6) is 0 Å². The Morgan fingerprint density at radius 3 is 2.55 bits per heavy atom. The third-order valence-corrected chi connectivity index (χ3v) is 6.61. The van der Waals surface area contributed by atoms with E-state index in [9.17, 15) is 19.3 Å². The fourth-order valence-electron chi connectivity index (χ4n) is 2.81. The first kappa shape index (κ1) is 26.7. The Morgan fingerprint density at radius 2 is 1.91 bits per heavy atom. The van der Waals surface area contributed by atoms with E-state index in [0.717, 1.165) is 0 Å². The first-order valence-corrected chi connectivity index (χ1v) is 12.4. The molecule has 0 saturated heterocycles. The molecule has 1 unspecified atom stereocenters. The van der Waals surface area contributed by atoms with Gasteiger partial charge in [-0.15, -0.1) is 0 Å². The lowest BCUT2D eigenvalue weighted by Crippen LogP contribution is -2.39. The number of aliphatic carboxylic acids is 1. The van der Waals surface area contributed by atoms with Gasteiger partial charge in [0.15, 0.2) is 11.5 Å². The molecule has 0 fully saturated rings. The van der Waals surface area contributed by atoms with Crippen LogP contribution >= 0.6 is 7.44 Å². The SMILES string of the molecule is CC(C)OC(=O)[C@@H](C)CNP(=O)(CO[C@H](C)Cn1cnc2c(N)ncnc21)N[C@@H](C)C(=O)O. The van der Waals surface area contributed by atoms with Crippen LogP contribution in [0.25, 0.3) is 11.2 Å². The van der Waals surface area contributed by atoms with Crippen LogP contribution in [0.4, 0.5) is 5.82 Å².